The molecule has 1 aliphatic carbocycles. The molecule has 2 atom stereocenters. The summed E-state index contributed by atoms with van der Waals surface area (Å²) in [6.45, 7) is 5.14. The molecule has 4 heteroatoms. The van der Waals surface area contributed by atoms with E-state index >= 15 is 0 Å². The number of carboxylic acid groups (broad SMARTS) is 1. The molecular formula is C13H20O4. The molecule has 0 amide bonds. The minimum absolute atomic E-state index is 0.00173. The number of aliphatic carboxylic acids is 1. The molecule has 0 aromatic heterocycles. The number of aliphatic hydroxyl groups is 2. The molecule has 1 aliphatic rings. The van der Waals surface area contributed by atoms with Crippen molar-refractivity contribution in [1.82, 2.24) is 0 Å². The van der Waals surface area contributed by atoms with Crippen LogP contribution in [0.15, 0.2) is 23.8 Å². The van der Waals surface area contributed by atoms with E-state index in [1.165, 1.54) is 0 Å². The second kappa shape index (κ2) is 5.47. The number of rotatable bonds is 5. The molecule has 0 aromatic rings. The van der Waals surface area contributed by atoms with Crippen LogP contribution in [0.2, 0.25) is 0 Å². The van der Waals surface area contributed by atoms with Gasteiger partial charge in [0.15, 0.2) is 5.60 Å². The number of hydrogen-bond acceptors (Lipinski definition) is 3. The first-order chi connectivity index (χ1) is 7.89. The van der Waals surface area contributed by atoms with Gasteiger partial charge in [0.05, 0.1) is 6.61 Å². The van der Waals surface area contributed by atoms with E-state index < -0.39 is 18.2 Å². The molecule has 3 N–H and O–H groups in total. The lowest BCUT2D eigenvalue weighted by atomic mass is 9.82. The summed E-state index contributed by atoms with van der Waals surface area (Å²) in [7, 11) is 0. The molecule has 0 saturated heterocycles. The molecule has 0 aromatic carbocycles. The first-order valence-electron chi connectivity index (χ1n) is 5.79. The van der Waals surface area contributed by atoms with Crippen molar-refractivity contribution in [3.63, 3.8) is 0 Å². The van der Waals surface area contributed by atoms with Gasteiger partial charge in [0.1, 0.15) is 0 Å². The van der Waals surface area contributed by atoms with E-state index in [0.717, 1.165) is 30.4 Å². The van der Waals surface area contributed by atoms with Crippen LogP contribution in [-0.4, -0.2) is 33.5 Å². The van der Waals surface area contributed by atoms with E-state index in [2.05, 4.69) is 6.58 Å². The maximum absolute atomic E-state index is 10.8. The van der Waals surface area contributed by atoms with E-state index in [-0.39, 0.29) is 6.42 Å². The Labute approximate surface area is 101 Å². The Morgan fingerprint density at radius 1 is 1.65 bits per heavy atom. The molecule has 0 radical (unpaired) electrons. The summed E-state index contributed by atoms with van der Waals surface area (Å²) < 4.78 is 0. The third-order valence-corrected chi connectivity index (χ3v) is 3.38. The zero-order valence-electron chi connectivity index (χ0n) is 10.1. The summed E-state index contributed by atoms with van der Waals surface area (Å²) >= 11 is 0. The first kappa shape index (κ1) is 13.9. The van der Waals surface area contributed by atoms with Gasteiger partial charge in [0.2, 0.25) is 0 Å². The molecule has 96 valence electrons. The van der Waals surface area contributed by atoms with Crippen LogP contribution in [0.4, 0.5) is 0 Å². The van der Waals surface area contributed by atoms with Gasteiger partial charge in [-0.05, 0) is 32.1 Å². The van der Waals surface area contributed by atoms with Crippen molar-refractivity contribution < 1.29 is 20.1 Å². The lowest BCUT2D eigenvalue weighted by Crippen LogP contribution is -2.42. The molecule has 1 rings (SSSR count). The summed E-state index contributed by atoms with van der Waals surface area (Å²) in [5.41, 5.74) is -0.000525. The van der Waals surface area contributed by atoms with E-state index in [9.17, 15) is 9.90 Å². The highest BCUT2D eigenvalue weighted by Gasteiger charge is 2.36. The summed E-state index contributed by atoms with van der Waals surface area (Å²) in [6, 6.07) is 0. The van der Waals surface area contributed by atoms with Crippen molar-refractivity contribution in [3.05, 3.63) is 23.8 Å². The zero-order valence-corrected chi connectivity index (χ0v) is 10.1. The maximum Gasteiger partial charge on any atom is 0.338 e. The van der Waals surface area contributed by atoms with Crippen LogP contribution in [0, 0.1) is 5.92 Å². The van der Waals surface area contributed by atoms with Crippen molar-refractivity contribution >= 4 is 5.97 Å². The first-order valence-corrected chi connectivity index (χ1v) is 5.79. The van der Waals surface area contributed by atoms with Gasteiger partial charge in [-0.1, -0.05) is 23.8 Å². The van der Waals surface area contributed by atoms with E-state index in [1.54, 1.807) is 0 Å². The third-order valence-electron chi connectivity index (χ3n) is 3.38. The fourth-order valence-corrected chi connectivity index (χ4v) is 2.07. The molecule has 0 fully saturated rings. The van der Waals surface area contributed by atoms with Crippen molar-refractivity contribution in [2.75, 3.05) is 6.61 Å². The SMILES string of the molecule is C=C(C)C1CC=C(CC(O)(CO)C(=O)O)CC1. The average Bonchev–Trinajstić information content (AvgIpc) is 2.29. The van der Waals surface area contributed by atoms with E-state index in [1.807, 2.05) is 13.0 Å². The second-order valence-corrected chi connectivity index (χ2v) is 4.85. The topological polar surface area (TPSA) is 77.8 Å². The van der Waals surface area contributed by atoms with Gasteiger partial charge >= 0.3 is 5.97 Å². The van der Waals surface area contributed by atoms with Gasteiger partial charge in [0.25, 0.3) is 0 Å². The van der Waals surface area contributed by atoms with Gasteiger partial charge in [-0.3, -0.25) is 0 Å². The van der Waals surface area contributed by atoms with Crippen molar-refractivity contribution in [2.45, 2.75) is 38.2 Å². The molecule has 17 heavy (non-hydrogen) atoms. The number of hydrogen-bond donors (Lipinski definition) is 3. The Bertz CT molecular complexity index is 345. The summed E-state index contributed by atoms with van der Waals surface area (Å²) in [5, 5.41) is 27.5. The Hall–Kier alpha value is -1.13. The van der Waals surface area contributed by atoms with Crippen LogP contribution in [-0.2, 0) is 4.79 Å². The summed E-state index contributed by atoms with van der Waals surface area (Å²) in [4.78, 5) is 10.8. The quantitative estimate of drug-likeness (QED) is 0.636. The minimum Gasteiger partial charge on any atom is -0.479 e. The molecule has 0 spiro atoms. The van der Waals surface area contributed by atoms with Crippen LogP contribution in [0.1, 0.15) is 32.6 Å². The second-order valence-electron chi connectivity index (χ2n) is 4.85. The minimum atomic E-state index is -2.04. The maximum atomic E-state index is 10.8. The smallest absolute Gasteiger partial charge is 0.338 e. The lowest BCUT2D eigenvalue weighted by molar-refractivity contribution is -0.162. The number of aliphatic hydroxyl groups excluding tert-OH is 1. The molecule has 0 heterocycles. The fraction of sp³-hybridized carbons (Fsp3) is 0.615. The monoisotopic (exact) mass is 240 g/mol. The number of carboxylic acids is 1. The Kier molecular flexibility index (Phi) is 4.48. The zero-order chi connectivity index (χ0) is 13.1. The van der Waals surface area contributed by atoms with Gasteiger partial charge < -0.3 is 15.3 Å². The Morgan fingerprint density at radius 2 is 2.29 bits per heavy atom. The highest BCUT2D eigenvalue weighted by atomic mass is 16.4. The molecule has 0 bridgehead atoms. The number of carbonyl (C=O) groups is 1. The van der Waals surface area contributed by atoms with Crippen LogP contribution < -0.4 is 0 Å². The standard InChI is InChI=1S/C13H20O4/c1-9(2)11-5-3-10(4-6-11)7-13(17,8-14)12(15)16/h3,11,14,17H,1,4-8H2,2H3,(H,15,16). The van der Waals surface area contributed by atoms with Gasteiger partial charge in [-0.15, -0.1) is 0 Å². The van der Waals surface area contributed by atoms with Crippen LogP contribution >= 0.6 is 0 Å². The third kappa shape index (κ3) is 3.41. The predicted molar refractivity (Wildman–Crippen MR) is 64.5 cm³/mol. The van der Waals surface area contributed by atoms with Crippen molar-refractivity contribution in [2.24, 2.45) is 5.92 Å². The Balaban J connectivity index is 2.65. The van der Waals surface area contributed by atoms with Gasteiger partial charge in [-0.25, -0.2) is 4.79 Å². The normalized spacial score (nSPS) is 23.7. The molecule has 0 aliphatic heterocycles. The molecule has 4 nitrogen and oxygen atoms in total. The lowest BCUT2D eigenvalue weighted by Gasteiger charge is -2.27. The van der Waals surface area contributed by atoms with Crippen LogP contribution in [0.25, 0.3) is 0 Å². The van der Waals surface area contributed by atoms with Gasteiger partial charge in [0, 0.05) is 6.42 Å². The van der Waals surface area contributed by atoms with Gasteiger partial charge in [-0.2, -0.15) is 0 Å². The van der Waals surface area contributed by atoms with Crippen molar-refractivity contribution in [3.8, 4) is 0 Å². The fourth-order valence-electron chi connectivity index (χ4n) is 2.07. The van der Waals surface area contributed by atoms with Crippen molar-refractivity contribution in [1.29, 1.82) is 0 Å². The van der Waals surface area contributed by atoms with Crippen LogP contribution in [0.5, 0.6) is 0 Å². The highest BCUT2D eigenvalue weighted by Crippen LogP contribution is 2.32. The predicted octanol–water partition coefficient (Wildman–Crippen LogP) is 1.49. The molecular weight excluding hydrogens is 220 g/mol. The number of allylic oxidation sites excluding steroid dienone is 2. The molecule has 2 unspecified atom stereocenters. The van der Waals surface area contributed by atoms with Crippen LogP contribution in [0.3, 0.4) is 0 Å². The van der Waals surface area contributed by atoms with E-state index in [0.29, 0.717) is 5.92 Å². The average molecular weight is 240 g/mol. The summed E-state index contributed by atoms with van der Waals surface area (Å²) in [6.07, 6.45) is 4.50. The highest BCUT2D eigenvalue weighted by molar-refractivity contribution is 5.77. The molecule has 0 saturated carbocycles. The largest absolute Gasteiger partial charge is 0.479 e. The summed E-state index contributed by atoms with van der Waals surface area (Å²) in [5.74, 6) is -0.922. The Morgan fingerprint density at radius 3 is 2.65 bits per heavy atom. The van der Waals surface area contributed by atoms with E-state index in [4.69, 9.17) is 10.2 Å².